The average molecular weight is 581 g/mol. The number of carboxylic acids is 1. The number of hydrogen-bond acceptors (Lipinski definition) is 11. The summed E-state index contributed by atoms with van der Waals surface area (Å²) in [5, 5.41) is 42.7. The first-order valence-electron chi connectivity index (χ1n) is 13.6. The van der Waals surface area contributed by atoms with E-state index in [-0.39, 0.29) is 35.5 Å². The number of methoxy groups -OCH3 is 2. The van der Waals surface area contributed by atoms with E-state index in [4.69, 9.17) is 23.1 Å². The molecule has 4 rings (SSSR count). The maximum atomic E-state index is 13.0. The van der Waals surface area contributed by atoms with Gasteiger partial charge in [0.25, 0.3) is 0 Å². The van der Waals surface area contributed by atoms with Gasteiger partial charge < -0.3 is 44.7 Å². The van der Waals surface area contributed by atoms with Crippen LogP contribution in [0.4, 0.5) is 0 Å². The number of aryl methyl sites for hydroxylation is 1. The molecule has 1 aliphatic carbocycles. The van der Waals surface area contributed by atoms with Crippen LogP contribution in [0.2, 0.25) is 0 Å². The number of fused-ring (bicyclic) bond motifs is 3. The van der Waals surface area contributed by atoms with Crippen LogP contribution in [0.3, 0.4) is 0 Å². The predicted molar refractivity (Wildman–Crippen MR) is 143 cm³/mol. The number of carbonyl (C=O) groups is 2. The number of carbonyl (C=O) groups excluding carboxylic acids is 1. The lowest BCUT2D eigenvalue weighted by Crippen LogP contribution is -2.61. The van der Waals surface area contributed by atoms with Gasteiger partial charge in [0.05, 0.1) is 25.2 Å². The van der Waals surface area contributed by atoms with Gasteiger partial charge in [0, 0.05) is 16.5 Å². The molecule has 2 aromatic carbocycles. The number of aliphatic carboxylic acids is 1. The van der Waals surface area contributed by atoms with Crippen molar-refractivity contribution < 1.29 is 53.1 Å². The van der Waals surface area contributed by atoms with Crippen molar-refractivity contribution >= 4 is 23.6 Å². The van der Waals surface area contributed by atoms with Crippen molar-refractivity contribution in [3.05, 3.63) is 45.6 Å². The summed E-state index contributed by atoms with van der Waals surface area (Å²) in [6.45, 7) is -2.93. The first-order chi connectivity index (χ1) is 20.2. The molecule has 216 valence electrons. The van der Waals surface area contributed by atoms with Crippen LogP contribution in [-0.2, 0) is 20.7 Å². The fraction of sp³-hybridized carbons (Fsp3) is 0.444. The lowest BCUT2D eigenvalue weighted by molar-refractivity contribution is -0.271. The lowest BCUT2D eigenvalue weighted by atomic mass is 9.95. The van der Waals surface area contributed by atoms with Gasteiger partial charge in [-0.05, 0) is 54.0 Å². The van der Waals surface area contributed by atoms with Gasteiger partial charge in [-0.3, -0.25) is 9.59 Å². The number of nitrogens with one attached hydrogen (secondary N) is 1. The van der Waals surface area contributed by atoms with Crippen molar-refractivity contribution in [1.82, 2.24) is 5.32 Å². The molecule has 0 spiro atoms. The first-order valence-corrected chi connectivity index (χ1v) is 13.4. The molecule has 2 aromatic rings. The number of amides is 1. The zero-order chi connectivity index (χ0) is 31.8. The predicted octanol–water partition coefficient (Wildman–Crippen LogP) is 0.847. The highest BCUT2D eigenvalue weighted by Crippen LogP contribution is 2.50. The molecule has 0 radical (unpaired) electrons. The summed E-state index contributed by atoms with van der Waals surface area (Å²) >= 11 is 1.21. The third-order valence-corrected chi connectivity index (χ3v) is 7.64. The van der Waals surface area contributed by atoms with Crippen molar-refractivity contribution in [3.8, 4) is 28.4 Å². The van der Waals surface area contributed by atoms with E-state index in [9.17, 15) is 34.8 Å². The van der Waals surface area contributed by atoms with E-state index < -0.39 is 55.5 Å². The molecule has 0 bridgehead atoms. The van der Waals surface area contributed by atoms with Gasteiger partial charge in [-0.25, -0.2) is 4.79 Å². The minimum absolute atomic E-state index is 0.0144. The summed E-state index contributed by atoms with van der Waals surface area (Å²) in [7, 11) is 2.65. The largest absolute Gasteiger partial charge is 0.492 e. The van der Waals surface area contributed by atoms with Crippen LogP contribution in [-0.4, -0.2) is 83.5 Å². The van der Waals surface area contributed by atoms with Crippen molar-refractivity contribution in [3.63, 3.8) is 0 Å². The second-order valence-electron chi connectivity index (χ2n) is 9.17. The Morgan fingerprint density at radius 2 is 1.82 bits per heavy atom. The van der Waals surface area contributed by atoms with Gasteiger partial charge in [0.2, 0.25) is 17.9 Å². The number of ether oxygens (including phenoxy) is 4. The number of thioether (sulfide) groups is 1. The normalized spacial score (nSPS) is 27.0. The van der Waals surface area contributed by atoms with Gasteiger partial charge in [-0.1, -0.05) is 6.07 Å². The summed E-state index contributed by atoms with van der Waals surface area (Å²) in [5.41, 5.74) is 1.46. The van der Waals surface area contributed by atoms with Gasteiger partial charge in [0.15, 0.2) is 23.0 Å². The van der Waals surface area contributed by atoms with E-state index in [1.165, 1.54) is 38.1 Å². The Bertz CT molecular complexity index is 1470. The molecule has 0 aromatic heterocycles. The van der Waals surface area contributed by atoms with Crippen molar-refractivity contribution in [2.24, 2.45) is 0 Å². The second-order valence-corrected chi connectivity index (χ2v) is 10.0. The highest BCUT2D eigenvalue weighted by molar-refractivity contribution is 7.98. The van der Waals surface area contributed by atoms with E-state index >= 15 is 0 Å². The lowest BCUT2D eigenvalue weighted by Gasteiger charge is -2.38. The fourth-order valence-electron chi connectivity index (χ4n) is 4.99. The van der Waals surface area contributed by atoms with Gasteiger partial charge in [-0.15, -0.1) is 11.8 Å². The topological polar surface area (TPSA) is 181 Å². The van der Waals surface area contributed by atoms with Crippen molar-refractivity contribution in [1.29, 1.82) is 0 Å². The van der Waals surface area contributed by atoms with E-state index in [0.29, 0.717) is 27.1 Å². The van der Waals surface area contributed by atoms with Crippen LogP contribution in [0.1, 0.15) is 34.6 Å². The molecule has 6 atom stereocenters. The Balaban J connectivity index is 1.89. The number of hydrogen-bond donors (Lipinski definition) is 5. The average Bonchev–Trinajstić information content (AvgIpc) is 3.20. The van der Waals surface area contributed by atoms with Crippen molar-refractivity contribution in [2.75, 3.05) is 20.5 Å². The maximum absolute atomic E-state index is 13.0. The highest BCUT2D eigenvalue weighted by Gasteiger charge is 2.48. The van der Waals surface area contributed by atoms with Gasteiger partial charge >= 0.3 is 5.97 Å². The second kappa shape index (κ2) is 12.0. The minimum Gasteiger partial charge on any atom is -0.492 e. The molecule has 5 N–H and O–H groups in total. The molecule has 0 unspecified atom stereocenters. The van der Waals surface area contributed by atoms with E-state index in [2.05, 4.69) is 5.32 Å². The van der Waals surface area contributed by atoms with E-state index in [1.807, 2.05) is 0 Å². The van der Waals surface area contributed by atoms with Crippen molar-refractivity contribution in [2.45, 2.75) is 61.3 Å². The van der Waals surface area contributed by atoms with Gasteiger partial charge in [0.1, 0.15) is 18.3 Å². The number of rotatable bonds is 7. The number of benzene rings is 1. The van der Waals surface area contributed by atoms with Crippen LogP contribution in [0.5, 0.6) is 17.2 Å². The molecule has 1 fully saturated rings. The highest BCUT2D eigenvalue weighted by atomic mass is 32.2. The Labute approximate surface area is 238 Å². The monoisotopic (exact) mass is 580 g/mol. The minimum atomic E-state index is -2.93. The van der Waals surface area contributed by atoms with Crippen LogP contribution in [0.25, 0.3) is 11.1 Å². The number of carboxylic acid groups (broad SMARTS) is 1. The summed E-state index contributed by atoms with van der Waals surface area (Å²) in [4.78, 5) is 37.6. The SMILES string of the molecule is [2H]C([2H])([2H])C(=O)N[C@H]1CCc2cc(O[C@H]3O[C@@H](C(=O)O)[C@H](O)[C@@H](O)[C@@H]3O)c(OC)c(OC)c2-c2ccc(SC)c(=O)cc21. The Hall–Kier alpha value is -3.36. The molecule has 1 heterocycles. The number of aliphatic hydroxyl groups is 3. The van der Waals surface area contributed by atoms with Crippen LogP contribution >= 0.6 is 11.8 Å². The van der Waals surface area contributed by atoms with Crippen LogP contribution in [0.15, 0.2) is 34.0 Å². The Morgan fingerprint density at radius 3 is 2.45 bits per heavy atom. The smallest absolute Gasteiger partial charge is 0.335 e. The summed E-state index contributed by atoms with van der Waals surface area (Å²) < 4.78 is 45.0. The zero-order valence-electron chi connectivity index (χ0n) is 24.7. The number of aliphatic hydroxyl groups excluding tert-OH is 3. The Morgan fingerprint density at radius 1 is 1.10 bits per heavy atom. The Kier molecular flexibility index (Phi) is 7.69. The molecular formula is C27H31NO11S. The van der Waals surface area contributed by atoms with Crippen LogP contribution in [0, 0.1) is 0 Å². The molecule has 40 heavy (non-hydrogen) atoms. The molecule has 1 aliphatic heterocycles. The third-order valence-electron chi connectivity index (χ3n) is 6.86. The first kappa shape index (κ1) is 25.6. The molecule has 2 aliphatic rings. The standard InChI is InChI=1S/C27H31NO11S/c1-11(29)28-15-7-5-12-9-17(38-27-22(33)20(31)21(32)25(39-27)26(34)35)23(36-2)24(37-3)19(12)13-6-8-18(40-4)16(30)10-14(13)15/h6,8-10,15,20-22,25,27,31-33H,5,7H2,1-4H3,(H,28,29)(H,34,35)/t15-,20+,21+,22-,25+,27-/m0/s1/i1D3. The molecule has 1 saturated heterocycles. The molecule has 0 saturated carbocycles. The summed E-state index contributed by atoms with van der Waals surface area (Å²) in [6.07, 6.45) is -7.24. The summed E-state index contributed by atoms with van der Waals surface area (Å²) in [5.74, 6) is -2.75. The van der Waals surface area contributed by atoms with E-state index in [0.717, 1.165) is 0 Å². The third kappa shape index (κ3) is 5.47. The molecule has 1 amide bonds. The van der Waals surface area contributed by atoms with Gasteiger partial charge in [-0.2, -0.15) is 0 Å². The fourth-order valence-corrected chi connectivity index (χ4v) is 5.45. The molecule has 13 heteroatoms. The molecular weight excluding hydrogens is 546 g/mol. The maximum Gasteiger partial charge on any atom is 0.335 e. The quantitative estimate of drug-likeness (QED) is 0.292. The molecule has 12 nitrogen and oxygen atoms in total. The van der Waals surface area contributed by atoms with E-state index in [1.54, 1.807) is 18.4 Å². The van der Waals surface area contributed by atoms with Crippen LogP contribution < -0.4 is 25.0 Å². The zero-order valence-corrected chi connectivity index (χ0v) is 22.6. The summed E-state index contributed by atoms with van der Waals surface area (Å²) in [6, 6.07) is 5.24.